The lowest BCUT2D eigenvalue weighted by molar-refractivity contribution is 0.0449. The second kappa shape index (κ2) is 5.72. The molecule has 2 heteroatoms. The third-order valence-corrected chi connectivity index (χ3v) is 5.85. The maximum Gasteiger partial charge on any atom is 0.154 e. The van der Waals surface area contributed by atoms with Gasteiger partial charge in [0.25, 0.3) is 0 Å². The maximum atomic E-state index is 11.4. The van der Waals surface area contributed by atoms with Gasteiger partial charge in [-0.25, -0.2) is 0 Å². The third kappa shape index (κ3) is 2.28. The summed E-state index contributed by atoms with van der Waals surface area (Å²) < 4.78 is 0. The average molecular weight is 295 g/mol. The van der Waals surface area contributed by atoms with E-state index in [9.17, 15) is 5.11 Å². The van der Waals surface area contributed by atoms with Crippen molar-refractivity contribution in [3.8, 4) is 11.8 Å². The van der Waals surface area contributed by atoms with Crippen molar-refractivity contribution >= 4 is 0 Å². The molecule has 0 aromatic heterocycles. The molecule has 0 spiro atoms. The van der Waals surface area contributed by atoms with Crippen LogP contribution in [0.25, 0.3) is 0 Å². The summed E-state index contributed by atoms with van der Waals surface area (Å²) in [6, 6.07) is 8.42. The highest BCUT2D eigenvalue weighted by Gasteiger charge is 2.51. The second-order valence-corrected chi connectivity index (χ2v) is 7.14. The molecule has 116 valence electrons. The molecule has 0 radical (unpaired) electrons. The number of aliphatic hydroxyl groups is 1. The summed E-state index contributed by atoms with van der Waals surface area (Å²) in [7, 11) is 0. The molecule has 4 rings (SSSR count). The number of likely N-dealkylation sites (tertiary alicyclic amines) is 1. The van der Waals surface area contributed by atoms with Crippen LogP contribution in [-0.4, -0.2) is 29.6 Å². The first-order chi connectivity index (χ1) is 10.8. The minimum Gasteiger partial charge on any atom is -0.373 e. The molecule has 1 saturated carbocycles. The SMILES string of the molecule is O[C@]1(C#CCN2CCCCC2)c2ccccc2[C@@H]2CCC[C@@H]21. The monoisotopic (exact) mass is 295 g/mol. The molecule has 0 amide bonds. The van der Waals surface area contributed by atoms with Gasteiger partial charge < -0.3 is 5.11 Å². The van der Waals surface area contributed by atoms with E-state index in [0.717, 1.165) is 31.6 Å². The molecule has 1 aliphatic heterocycles. The maximum absolute atomic E-state index is 11.4. The first kappa shape index (κ1) is 14.3. The van der Waals surface area contributed by atoms with Crippen molar-refractivity contribution in [3.05, 3.63) is 35.4 Å². The van der Waals surface area contributed by atoms with Crippen molar-refractivity contribution in [2.45, 2.75) is 50.0 Å². The van der Waals surface area contributed by atoms with Gasteiger partial charge in [-0.2, -0.15) is 0 Å². The first-order valence-corrected chi connectivity index (χ1v) is 8.83. The summed E-state index contributed by atoms with van der Waals surface area (Å²) >= 11 is 0. The molecule has 0 bridgehead atoms. The molecule has 1 saturated heterocycles. The van der Waals surface area contributed by atoms with E-state index in [1.165, 1.54) is 37.7 Å². The fourth-order valence-electron chi connectivity index (χ4n) is 4.76. The summed E-state index contributed by atoms with van der Waals surface area (Å²) in [5.74, 6) is 7.44. The molecular weight excluding hydrogens is 270 g/mol. The van der Waals surface area contributed by atoms with Crippen molar-refractivity contribution in [2.24, 2.45) is 5.92 Å². The summed E-state index contributed by atoms with van der Waals surface area (Å²) in [4.78, 5) is 2.42. The number of benzene rings is 1. The highest BCUT2D eigenvalue weighted by molar-refractivity contribution is 5.48. The number of hydrogen-bond donors (Lipinski definition) is 1. The third-order valence-electron chi connectivity index (χ3n) is 5.85. The van der Waals surface area contributed by atoms with Gasteiger partial charge in [-0.3, -0.25) is 4.90 Å². The Morgan fingerprint density at radius 1 is 1.09 bits per heavy atom. The van der Waals surface area contributed by atoms with Crippen LogP contribution in [0.5, 0.6) is 0 Å². The van der Waals surface area contributed by atoms with Crippen molar-refractivity contribution in [1.29, 1.82) is 0 Å². The highest BCUT2D eigenvalue weighted by Crippen LogP contribution is 2.56. The molecular formula is C20H25NO. The first-order valence-electron chi connectivity index (χ1n) is 8.83. The lowest BCUT2D eigenvalue weighted by atomic mass is 9.85. The molecule has 2 aliphatic carbocycles. The summed E-state index contributed by atoms with van der Waals surface area (Å²) in [6.45, 7) is 3.13. The van der Waals surface area contributed by atoms with E-state index < -0.39 is 5.60 Å². The zero-order valence-corrected chi connectivity index (χ0v) is 13.2. The van der Waals surface area contributed by atoms with E-state index >= 15 is 0 Å². The summed E-state index contributed by atoms with van der Waals surface area (Å²) in [5.41, 5.74) is 1.52. The minimum absolute atomic E-state index is 0.304. The molecule has 22 heavy (non-hydrogen) atoms. The Morgan fingerprint density at radius 2 is 1.91 bits per heavy atom. The average Bonchev–Trinajstić information content (AvgIpc) is 3.13. The van der Waals surface area contributed by atoms with Crippen LogP contribution in [0.4, 0.5) is 0 Å². The molecule has 1 aromatic carbocycles. The Morgan fingerprint density at radius 3 is 2.77 bits per heavy atom. The van der Waals surface area contributed by atoms with Crippen molar-refractivity contribution < 1.29 is 5.11 Å². The number of rotatable bonds is 1. The molecule has 0 unspecified atom stereocenters. The van der Waals surface area contributed by atoms with E-state index in [2.05, 4.69) is 34.9 Å². The van der Waals surface area contributed by atoms with Gasteiger partial charge in [0.2, 0.25) is 0 Å². The summed E-state index contributed by atoms with van der Waals surface area (Å²) in [6.07, 6.45) is 7.47. The van der Waals surface area contributed by atoms with Crippen molar-refractivity contribution in [1.82, 2.24) is 4.90 Å². The van der Waals surface area contributed by atoms with E-state index in [0.29, 0.717) is 11.8 Å². The van der Waals surface area contributed by atoms with Gasteiger partial charge in [-0.05, 0) is 55.8 Å². The Kier molecular flexibility index (Phi) is 3.72. The summed E-state index contributed by atoms with van der Waals surface area (Å²) in [5, 5.41) is 11.4. The predicted molar refractivity (Wildman–Crippen MR) is 88.5 cm³/mol. The van der Waals surface area contributed by atoms with Gasteiger partial charge in [0, 0.05) is 5.92 Å². The van der Waals surface area contributed by atoms with Gasteiger partial charge in [-0.1, -0.05) is 48.9 Å². The van der Waals surface area contributed by atoms with E-state index in [4.69, 9.17) is 0 Å². The topological polar surface area (TPSA) is 23.5 Å². The van der Waals surface area contributed by atoms with E-state index in [1.807, 2.05) is 6.07 Å². The van der Waals surface area contributed by atoms with Gasteiger partial charge >= 0.3 is 0 Å². The van der Waals surface area contributed by atoms with Gasteiger partial charge in [-0.15, -0.1) is 0 Å². The smallest absolute Gasteiger partial charge is 0.154 e. The molecule has 1 aromatic rings. The zero-order valence-electron chi connectivity index (χ0n) is 13.2. The van der Waals surface area contributed by atoms with Crippen LogP contribution >= 0.6 is 0 Å². The number of nitrogens with zero attached hydrogens (tertiary/aromatic N) is 1. The van der Waals surface area contributed by atoms with E-state index in [-0.39, 0.29) is 0 Å². The van der Waals surface area contributed by atoms with Gasteiger partial charge in [0.05, 0.1) is 6.54 Å². The molecule has 3 aliphatic rings. The van der Waals surface area contributed by atoms with E-state index in [1.54, 1.807) is 0 Å². The lowest BCUT2D eigenvalue weighted by Gasteiger charge is -2.26. The minimum atomic E-state index is -0.909. The Hall–Kier alpha value is -1.30. The molecule has 2 fully saturated rings. The fraction of sp³-hybridized carbons (Fsp3) is 0.600. The molecule has 1 heterocycles. The van der Waals surface area contributed by atoms with Crippen LogP contribution in [0.1, 0.15) is 55.6 Å². The van der Waals surface area contributed by atoms with Crippen molar-refractivity contribution in [2.75, 3.05) is 19.6 Å². The Bertz CT molecular complexity index is 608. The van der Waals surface area contributed by atoms with Crippen molar-refractivity contribution in [3.63, 3.8) is 0 Å². The predicted octanol–water partition coefficient (Wildman–Crippen LogP) is 3.26. The largest absolute Gasteiger partial charge is 0.373 e. The standard InChI is InChI=1S/C20H25NO/c22-20(12-7-15-21-13-4-1-5-14-21)18-10-3-2-8-16(18)17-9-6-11-19(17)20/h2-3,8,10,17,19,22H,1,4-6,9,11,13-15H2/t17-,19-,20+/m0/s1. The molecule has 1 N–H and O–H groups in total. The van der Waals surface area contributed by atoms with Gasteiger partial charge in [0.15, 0.2) is 5.60 Å². The second-order valence-electron chi connectivity index (χ2n) is 7.14. The zero-order chi connectivity index (χ0) is 15.0. The Balaban J connectivity index is 1.59. The number of hydrogen-bond acceptors (Lipinski definition) is 2. The van der Waals surface area contributed by atoms with Crippen LogP contribution in [0.15, 0.2) is 24.3 Å². The fourth-order valence-corrected chi connectivity index (χ4v) is 4.76. The normalized spacial score (nSPS) is 33.9. The lowest BCUT2D eigenvalue weighted by Crippen LogP contribution is -2.32. The van der Waals surface area contributed by atoms with Crippen LogP contribution in [0.2, 0.25) is 0 Å². The van der Waals surface area contributed by atoms with Crippen LogP contribution in [-0.2, 0) is 5.60 Å². The molecule has 3 atom stereocenters. The number of fused-ring (bicyclic) bond motifs is 3. The van der Waals surface area contributed by atoms with Crippen LogP contribution in [0, 0.1) is 17.8 Å². The van der Waals surface area contributed by atoms with Gasteiger partial charge in [0.1, 0.15) is 0 Å². The number of piperidine rings is 1. The highest BCUT2D eigenvalue weighted by atomic mass is 16.3. The molecule has 2 nitrogen and oxygen atoms in total. The van der Waals surface area contributed by atoms with Crippen LogP contribution < -0.4 is 0 Å². The quantitative estimate of drug-likeness (QED) is 0.804. The Labute approximate surface area is 133 Å². The van der Waals surface area contributed by atoms with Crippen LogP contribution in [0.3, 0.4) is 0 Å².